The average molecular weight is 316 g/mol. The van der Waals surface area contributed by atoms with E-state index in [0.29, 0.717) is 18.4 Å². The second kappa shape index (κ2) is 5.55. The van der Waals surface area contributed by atoms with Gasteiger partial charge in [-0.15, -0.1) is 0 Å². The molecule has 0 bridgehead atoms. The third-order valence-electron chi connectivity index (χ3n) is 2.83. The van der Waals surface area contributed by atoms with Crippen molar-refractivity contribution in [2.45, 2.75) is 24.4 Å². The zero-order valence-electron chi connectivity index (χ0n) is 10.5. The molecule has 0 atom stereocenters. The monoisotopic (exact) mass is 316 g/mol. The maximum absolute atomic E-state index is 12.7. The second-order valence-corrected chi connectivity index (χ2v) is 4.10. The van der Waals surface area contributed by atoms with Gasteiger partial charge in [0.25, 0.3) is 5.60 Å². The smallest absolute Gasteiger partial charge is 0.430 e. The van der Waals surface area contributed by atoms with E-state index in [0.717, 1.165) is 13.2 Å². The van der Waals surface area contributed by atoms with Crippen molar-refractivity contribution in [3.8, 4) is 5.75 Å². The van der Waals surface area contributed by atoms with Gasteiger partial charge in [-0.2, -0.15) is 26.3 Å². The molecule has 0 aliphatic heterocycles. The molecule has 0 aliphatic rings. The predicted octanol–water partition coefficient (Wildman–Crippen LogP) is 2.75. The summed E-state index contributed by atoms with van der Waals surface area (Å²) in [6.45, 7) is 0. The Bertz CT molecular complexity index is 507. The topological polar surface area (TPSA) is 46.5 Å². The molecule has 9 heteroatoms. The van der Waals surface area contributed by atoms with Gasteiger partial charge in [-0.25, -0.2) is 0 Å². The van der Waals surface area contributed by atoms with Gasteiger partial charge >= 0.3 is 12.4 Å². The van der Waals surface area contributed by atoms with E-state index in [2.05, 4.69) is 4.74 Å². The maximum atomic E-state index is 12.7. The number of methoxy groups -OCH3 is 1. The number of carbonyl (C=O) groups is 1. The van der Waals surface area contributed by atoms with Gasteiger partial charge in [0.15, 0.2) is 0 Å². The minimum atomic E-state index is -5.97. The van der Waals surface area contributed by atoms with Gasteiger partial charge < -0.3 is 14.6 Å². The molecule has 0 amide bonds. The molecular weight excluding hydrogens is 306 g/mol. The first-order valence-electron chi connectivity index (χ1n) is 5.46. The normalized spacial score (nSPS) is 13.1. The van der Waals surface area contributed by atoms with Crippen molar-refractivity contribution < 1.29 is 41.0 Å². The molecule has 0 radical (unpaired) electrons. The minimum Gasteiger partial charge on any atom is -0.496 e. The molecule has 0 aromatic heterocycles. The fourth-order valence-electron chi connectivity index (χ4n) is 1.72. The Labute approximate surface area is 115 Å². The summed E-state index contributed by atoms with van der Waals surface area (Å²) in [7, 11) is 1.02. The zero-order valence-corrected chi connectivity index (χ0v) is 10.5. The summed E-state index contributed by atoms with van der Waals surface area (Å²) in [5.74, 6) is -0.355. The van der Waals surface area contributed by atoms with Crippen LogP contribution in [-0.2, 0) is 16.8 Å². The number of ether oxygens (including phenoxy) is 1. The molecule has 0 fully saturated rings. The second-order valence-electron chi connectivity index (χ2n) is 4.10. The van der Waals surface area contributed by atoms with Crippen molar-refractivity contribution in [3.05, 3.63) is 29.3 Å². The Morgan fingerprint density at radius 1 is 1.14 bits per heavy atom. The van der Waals surface area contributed by atoms with E-state index in [-0.39, 0.29) is 17.7 Å². The van der Waals surface area contributed by atoms with Crippen LogP contribution in [0, 0.1) is 0 Å². The molecule has 1 N–H and O–H groups in total. The molecule has 0 spiro atoms. The molecule has 118 valence electrons. The van der Waals surface area contributed by atoms with Gasteiger partial charge in [-0.3, -0.25) is 0 Å². The Balaban J connectivity index is 3.51. The standard InChI is InChI=1S/C12H10F6O3/c1-21-9-6-8(3-2-7(9)4-5-19)10(20,11(13,14)15)12(16,17)18/h2-3,5-6,20H,4H2,1H3. The van der Waals surface area contributed by atoms with E-state index in [4.69, 9.17) is 0 Å². The quantitative estimate of drug-likeness (QED) is 0.686. The fraction of sp³-hybridized carbons (Fsp3) is 0.417. The fourth-order valence-corrected chi connectivity index (χ4v) is 1.72. The number of aliphatic hydroxyl groups is 1. The van der Waals surface area contributed by atoms with E-state index in [1.165, 1.54) is 0 Å². The van der Waals surface area contributed by atoms with Crippen molar-refractivity contribution in [2.24, 2.45) is 0 Å². The van der Waals surface area contributed by atoms with Crippen molar-refractivity contribution in [1.82, 2.24) is 0 Å². The van der Waals surface area contributed by atoms with Crippen LogP contribution in [0.1, 0.15) is 11.1 Å². The summed E-state index contributed by atoms with van der Waals surface area (Å²) in [5, 5.41) is 9.22. The molecule has 21 heavy (non-hydrogen) atoms. The Kier molecular flexibility index (Phi) is 4.57. The third kappa shape index (κ3) is 2.97. The summed E-state index contributed by atoms with van der Waals surface area (Å²) in [5.41, 5.74) is -6.36. The van der Waals surface area contributed by atoms with Gasteiger partial charge in [0.2, 0.25) is 0 Å². The van der Waals surface area contributed by atoms with E-state index in [1.807, 2.05) is 0 Å². The van der Waals surface area contributed by atoms with Gasteiger partial charge in [-0.1, -0.05) is 12.1 Å². The van der Waals surface area contributed by atoms with Crippen molar-refractivity contribution in [1.29, 1.82) is 0 Å². The minimum absolute atomic E-state index is 0.1000. The number of benzene rings is 1. The SMILES string of the molecule is COc1cc(C(O)(C(F)(F)F)C(F)(F)F)ccc1CC=O. The molecule has 1 aromatic rings. The van der Waals surface area contributed by atoms with Crippen LogP contribution in [0.3, 0.4) is 0 Å². The van der Waals surface area contributed by atoms with Crippen molar-refractivity contribution >= 4 is 6.29 Å². The van der Waals surface area contributed by atoms with Crippen molar-refractivity contribution in [3.63, 3.8) is 0 Å². The number of carbonyl (C=O) groups excluding carboxylic acids is 1. The summed E-state index contributed by atoms with van der Waals surface area (Å²) in [4.78, 5) is 10.4. The Morgan fingerprint density at radius 3 is 2.05 bits per heavy atom. The summed E-state index contributed by atoms with van der Waals surface area (Å²) in [6.07, 6.45) is -11.8. The van der Waals surface area contributed by atoms with E-state index < -0.39 is 23.5 Å². The highest BCUT2D eigenvalue weighted by Gasteiger charge is 2.71. The molecule has 0 unspecified atom stereocenters. The largest absolute Gasteiger partial charge is 0.496 e. The molecule has 3 nitrogen and oxygen atoms in total. The lowest BCUT2D eigenvalue weighted by atomic mass is 9.91. The van der Waals surface area contributed by atoms with Crippen LogP contribution in [-0.4, -0.2) is 30.9 Å². The summed E-state index contributed by atoms with van der Waals surface area (Å²) in [6, 6.07) is 1.74. The van der Waals surface area contributed by atoms with Crippen molar-refractivity contribution in [2.75, 3.05) is 7.11 Å². The lowest BCUT2D eigenvalue weighted by Gasteiger charge is -2.33. The maximum Gasteiger partial charge on any atom is 0.430 e. The number of aldehydes is 1. The lowest BCUT2D eigenvalue weighted by molar-refractivity contribution is -0.376. The van der Waals surface area contributed by atoms with Gasteiger partial charge in [0.05, 0.1) is 7.11 Å². The number of halogens is 6. The number of hydrogen-bond acceptors (Lipinski definition) is 3. The van der Waals surface area contributed by atoms with Crippen LogP contribution < -0.4 is 4.74 Å². The molecule has 1 aromatic carbocycles. The predicted molar refractivity (Wildman–Crippen MR) is 58.8 cm³/mol. The van der Waals surface area contributed by atoms with E-state index in [9.17, 15) is 36.2 Å². The summed E-state index contributed by atoms with van der Waals surface area (Å²) >= 11 is 0. The molecule has 0 saturated carbocycles. The van der Waals surface area contributed by atoms with Crippen LogP contribution in [0.4, 0.5) is 26.3 Å². The van der Waals surface area contributed by atoms with E-state index >= 15 is 0 Å². The lowest BCUT2D eigenvalue weighted by Crippen LogP contribution is -2.53. The van der Waals surface area contributed by atoms with Crippen LogP contribution in [0.15, 0.2) is 18.2 Å². The van der Waals surface area contributed by atoms with Crippen LogP contribution >= 0.6 is 0 Å². The van der Waals surface area contributed by atoms with Crippen LogP contribution in [0.5, 0.6) is 5.75 Å². The first-order valence-corrected chi connectivity index (χ1v) is 5.46. The number of rotatable bonds is 4. The Morgan fingerprint density at radius 2 is 1.67 bits per heavy atom. The third-order valence-corrected chi connectivity index (χ3v) is 2.83. The van der Waals surface area contributed by atoms with Gasteiger partial charge in [0.1, 0.15) is 12.0 Å². The molecular formula is C12H10F6O3. The van der Waals surface area contributed by atoms with Gasteiger partial charge in [0, 0.05) is 17.5 Å². The number of hydrogen-bond donors (Lipinski definition) is 1. The highest BCUT2D eigenvalue weighted by molar-refractivity contribution is 5.58. The van der Waals surface area contributed by atoms with E-state index in [1.54, 1.807) is 0 Å². The molecule has 0 saturated heterocycles. The molecule has 0 aliphatic carbocycles. The van der Waals surface area contributed by atoms with Crippen LogP contribution in [0.25, 0.3) is 0 Å². The number of alkyl halides is 6. The molecule has 0 heterocycles. The summed E-state index contributed by atoms with van der Waals surface area (Å²) < 4.78 is 80.9. The van der Waals surface area contributed by atoms with Gasteiger partial charge in [-0.05, 0) is 6.07 Å². The first-order chi connectivity index (χ1) is 9.49. The first kappa shape index (κ1) is 17.3. The Hall–Kier alpha value is -1.77. The molecule has 1 rings (SSSR count). The zero-order chi connectivity index (χ0) is 16.5. The van der Waals surface area contributed by atoms with Crippen LogP contribution in [0.2, 0.25) is 0 Å². The average Bonchev–Trinajstić information content (AvgIpc) is 2.36. The highest BCUT2D eigenvalue weighted by Crippen LogP contribution is 2.50. The highest BCUT2D eigenvalue weighted by atomic mass is 19.4.